The van der Waals surface area contributed by atoms with Gasteiger partial charge in [0.1, 0.15) is 5.82 Å². The van der Waals surface area contributed by atoms with Crippen molar-refractivity contribution < 1.29 is 0 Å². The van der Waals surface area contributed by atoms with Gasteiger partial charge >= 0.3 is 0 Å². The van der Waals surface area contributed by atoms with Crippen LogP contribution >= 0.6 is 0 Å². The lowest BCUT2D eigenvalue weighted by molar-refractivity contribution is 0.481. The Kier molecular flexibility index (Phi) is 6.11. The maximum atomic E-state index is 6.97. The summed E-state index contributed by atoms with van der Waals surface area (Å²) in [6.07, 6.45) is 6.66. The third-order valence-corrected chi connectivity index (χ3v) is 1.48. The van der Waals surface area contributed by atoms with Crippen molar-refractivity contribution in [1.29, 1.82) is 5.41 Å². The Morgan fingerprint density at radius 1 is 1.43 bits per heavy atom. The fourth-order valence-corrected chi connectivity index (χ4v) is 0.651. The van der Waals surface area contributed by atoms with E-state index in [1.54, 1.807) is 13.1 Å². The molecule has 0 atom stereocenters. The topological polar surface area (TPSA) is 51.5 Å². The zero-order chi connectivity index (χ0) is 11.0. The summed E-state index contributed by atoms with van der Waals surface area (Å²) in [4.78, 5) is 6.01. The molecule has 0 saturated heterocycles. The average Bonchev–Trinajstić information content (AvgIpc) is 2.16. The highest BCUT2D eigenvalue weighted by Gasteiger charge is 1.94. The molecule has 78 valence electrons. The van der Waals surface area contributed by atoms with Crippen LogP contribution < -0.4 is 5.32 Å². The van der Waals surface area contributed by atoms with Gasteiger partial charge in [0.25, 0.3) is 0 Å². The van der Waals surface area contributed by atoms with Crippen LogP contribution in [0.1, 0.15) is 13.8 Å². The second kappa shape index (κ2) is 6.88. The predicted octanol–water partition coefficient (Wildman–Crippen LogP) is 1.58. The quantitative estimate of drug-likeness (QED) is 0.653. The van der Waals surface area contributed by atoms with E-state index >= 15 is 0 Å². The van der Waals surface area contributed by atoms with Gasteiger partial charge in [-0.1, -0.05) is 6.08 Å². The number of hydrogen-bond acceptors (Lipinski definition) is 4. The number of aliphatic imine (C=N–C) groups is 1. The second-order valence-corrected chi connectivity index (χ2v) is 2.97. The van der Waals surface area contributed by atoms with E-state index in [-0.39, 0.29) is 0 Å². The average molecular weight is 194 g/mol. The summed E-state index contributed by atoms with van der Waals surface area (Å²) in [5, 5.41) is 10.0. The molecule has 0 aromatic heterocycles. The molecule has 4 heteroatoms. The molecule has 0 unspecified atom stereocenters. The van der Waals surface area contributed by atoms with Crippen molar-refractivity contribution >= 4 is 11.9 Å². The Hall–Kier alpha value is -1.58. The zero-order valence-corrected chi connectivity index (χ0v) is 9.20. The lowest BCUT2D eigenvalue weighted by atomic mass is 10.5. The first-order valence-corrected chi connectivity index (χ1v) is 4.42. The Morgan fingerprint density at radius 2 is 2.07 bits per heavy atom. The molecule has 0 rings (SSSR count). The van der Waals surface area contributed by atoms with E-state index in [2.05, 4.69) is 10.3 Å². The number of allylic oxidation sites excluding steroid dienone is 1. The molecule has 0 aliphatic rings. The Balaban J connectivity index is 4.55. The van der Waals surface area contributed by atoms with Crippen molar-refractivity contribution in [1.82, 2.24) is 10.2 Å². The molecule has 0 aromatic carbocycles. The molecule has 0 heterocycles. The number of hydrogen-bond donors (Lipinski definition) is 2. The Labute approximate surface area is 85.5 Å². The van der Waals surface area contributed by atoms with Crippen molar-refractivity contribution in [2.45, 2.75) is 13.8 Å². The maximum Gasteiger partial charge on any atom is 0.124 e. The van der Waals surface area contributed by atoms with Crippen molar-refractivity contribution in [3.63, 3.8) is 0 Å². The van der Waals surface area contributed by atoms with Gasteiger partial charge in [-0.25, -0.2) is 0 Å². The molecular weight excluding hydrogens is 176 g/mol. The van der Waals surface area contributed by atoms with Crippen LogP contribution in [-0.4, -0.2) is 30.9 Å². The molecule has 4 nitrogen and oxygen atoms in total. The highest BCUT2D eigenvalue weighted by Crippen LogP contribution is 1.94. The van der Waals surface area contributed by atoms with Gasteiger partial charge in [0.2, 0.25) is 0 Å². The van der Waals surface area contributed by atoms with Crippen molar-refractivity contribution in [2.75, 3.05) is 14.1 Å². The molecular formula is C10H18N4. The zero-order valence-electron chi connectivity index (χ0n) is 9.20. The van der Waals surface area contributed by atoms with Crippen LogP contribution in [0.4, 0.5) is 0 Å². The number of rotatable bonds is 5. The molecule has 14 heavy (non-hydrogen) atoms. The lowest BCUT2D eigenvalue weighted by Crippen LogP contribution is -2.21. The lowest BCUT2D eigenvalue weighted by Gasteiger charge is -2.15. The van der Waals surface area contributed by atoms with Gasteiger partial charge in [0.05, 0.1) is 11.9 Å². The summed E-state index contributed by atoms with van der Waals surface area (Å²) in [6, 6.07) is 0. The predicted molar refractivity (Wildman–Crippen MR) is 61.6 cm³/mol. The van der Waals surface area contributed by atoms with Crippen LogP contribution in [0.5, 0.6) is 0 Å². The normalized spacial score (nSPS) is 13.1. The monoisotopic (exact) mass is 194 g/mol. The molecule has 0 radical (unpaired) electrons. The van der Waals surface area contributed by atoms with Crippen molar-refractivity contribution in [2.24, 2.45) is 4.99 Å². The van der Waals surface area contributed by atoms with Crippen LogP contribution in [0.25, 0.3) is 0 Å². The van der Waals surface area contributed by atoms with Crippen LogP contribution in [0.3, 0.4) is 0 Å². The van der Waals surface area contributed by atoms with E-state index in [0.717, 1.165) is 5.82 Å². The minimum Gasteiger partial charge on any atom is -0.363 e. The first-order chi connectivity index (χ1) is 6.61. The SMILES string of the molecule is C/C=C\N/C(=C\N=C(/C)C=N)N(C)C. The van der Waals surface area contributed by atoms with E-state index in [9.17, 15) is 0 Å². The summed E-state index contributed by atoms with van der Waals surface area (Å²) >= 11 is 0. The van der Waals surface area contributed by atoms with Gasteiger partial charge in [-0.05, 0) is 20.0 Å². The first kappa shape index (κ1) is 12.4. The summed E-state index contributed by atoms with van der Waals surface area (Å²) in [6.45, 7) is 3.72. The highest BCUT2D eigenvalue weighted by atomic mass is 15.2. The largest absolute Gasteiger partial charge is 0.363 e. The molecule has 0 aliphatic carbocycles. The van der Waals surface area contributed by atoms with E-state index in [0.29, 0.717) is 5.71 Å². The maximum absolute atomic E-state index is 6.97. The van der Waals surface area contributed by atoms with E-state index in [4.69, 9.17) is 5.41 Å². The molecule has 0 spiro atoms. The third-order valence-electron chi connectivity index (χ3n) is 1.48. The minimum absolute atomic E-state index is 0.673. The van der Waals surface area contributed by atoms with Gasteiger partial charge in [-0.15, -0.1) is 0 Å². The first-order valence-electron chi connectivity index (χ1n) is 4.42. The third kappa shape index (κ3) is 5.13. The van der Waals surface area contributed by atoms with Crippen LogP contribution in [0.15, 0.2) is 29.3 Å². The van der Waals surface area contributed by atoms with E-state index < -0.39 is 0 Å². The standard InChI is InChI=1S/C10H18N4/c1-5-6-12-10(14(3)4)8-13-9(2)7-11/h5-8,11-12H,1-4H3/b6-5-,10-8+,11-7?,13-9+. The fourth-order valence-electron chi connectivity index (χ4n) is 0.651. The number of nitrogens with zero attached hydrogens (tertiary/aromatic N) is 2. The van der Waals surface area contributed by atoms with Gasteiger partial charge in [0, 0.05) is 20.3 Å². The molecule has 0 aromatic rings. The minimum atomic E-state index is 0.673. The second-order valence-electron chi connectivity index (χ2n) is 2.97. The van der Waals surface area contributed by atoms with Gasteiger partial charge in [-0.2, -0.15) is 0 Å². The molecule has 0 amide bonds. The molecule has 2 N–H and O–H groups in total. The van der Waals surface area contributed by atoms with Crippen molar-refractivity contribution in [3.05, 3.63) is 24.3 Å². The van der Waals surface area contributed by atoms with Crippen LogP contribution in [-0.2, 0) is 0 Å². The van der Waals surface area contributed by atoms with Gasteiger partial charge in [-0.3, -0.25) is 4.99 Å². The highest BCUT2D eigenvalue weighted by molar-refractivity contribution is 6.28. The Morgan fingerprint density at radius 3 is 2.50 bits per heavy atom. The number of nitrogens with one attached hydrogen (secondary N) is 2. The van der Waals surface area contributed by atoms with Gasteiger partial charge < -0.3 is 15.6 Å². The molecule has 0 saturated carbocycles. The van der Waals surface area contributed by atoms with E-state index in [1.165, 1.54) is 6.21 Å². The molecule has 0 bridgehead atoms. The fraction of sp³-hybridized carbons (Fsp3) is 0.400. The van der Waals surface area contributed by atoms with Gasteiger partial charge in [0.15, 0.2) is 0 Å². The van der Waals surface area contributed by atoms with Crippen LogP contribution in [0, 0.1) is 5.41 Å². The summed E-state index contributed by atoms with van der Waals surface area (Å²) < 4.78 is 0. The smallest absolute Gasteiger partial charge is 0.124 e. The molecule has 0 fully saturated rings. The molecule has 0 aliphatic heterocycles. The summed E-state index contributed by atoms with van der Waals surface area (Å²) in [5.74, 6) is 0.879. The van der Waals surface area contributed by atoms with E-state index in [1.807, 2.05) is 38.2 Å². The van der Waals surface area contributed by atoms with Crippen LogP contribution in [0.2, 0.25) is 0 Å². The summed E-state index contributed by atoms with van der Waals surface area (Å²) in [5.41, 5.74) is 0.673. The Bertz CT molecular complexity index is 261. The van der Waals surface area contributed by atoms with Crippen molar-refractivity contribution in [3.8, 4) is 0 Å². The summed E-state index contributed by atoms with van der Waals surface area (Å²) in [7, 11) is 3.86.